The highest BCUT2D eigenvalue weighted by Gasteiger charge is 2.26. The van der Waals surface area contributed by atoms with Gasteiger partial charge in [-0.25, -0.2) is 5.84 Å². The Morgan fingerprint density at radius 1 is 0.943 bits per heavy atom. The number of ether oxygens (including phenoxy) is 1. The van der Waals surface area contributed by atoms with Gasteiger partial charge < -0.3 is 10.1 Å². The maximum absolute atomic E-state index is 12.9. The molecular weight excluding hydrogens is 442 g/mol. The third-order valence-electron chi connectivity index (χ3n) is 5.38. The van der Waals surface area contributed by atoms with Crippen molar-refractivity contribution in [1.29, 1.82) is 5.41 Å². The summed E-state index contributed by atoms with van der Waals surface area (Å²) in [4.78, 5) is 25.1. The summed E-state index contributed by atoms with van der Waals surface area (Å²) in [6, 6.07) is 26.7. The van der Waals surface area contributed by atoms with Gasteiger partial charge >= 0.3 is 17.7 Å². The van der Waals surface area contributed by atoms with Gasteiger partial charge in [-0.3, -0.25) is 9.59 Å². The van der Waals surface area contributed by atoms with Crippen molar-refractivity contribution in [3.05, 3.63) is 96.1 Å². The van der Waals surface area contributed by atoms with Crippen LogP contribution in [-0.2, 0) is 27.3 Å². The zero-order valence-corrected chi connectivity index (χ0v) is 19.7. The van der Waals surface area contributed by atoms with Crippen molar-refractivity contribution in [3.8, 4) is 11.1 Å². The van der Waals surface area contributed by atoms with Gasteiger partial charge in [-0.15, -0.1) is 4.70 Å². The minimum absolute atomic E-state index is 0.0221. The number of nitrogens with one attached hydrogen (secondary N) is 2. The summed E-state index contributed by atoms with van der Waals surface area (Å²) in [7, 11) is 0. The average molecular weight is 473 g/mol. The summed E-state index contributed by atoms with van der Waals surface area (Å²) in [5.41, 5.74) is 3.97. The molecule has 1 amide bonds. The molecule has 0 spiro atoms. The van der Waals surface area contributed by atoms with Gasteiger partial charge in [0.05, 0.1) is 13.0 Å². The van der Waals surface area contributed by atoms with E-state index in [9.17, 15) is 9.59 Å². The van der Waals surface area contributed by atoms with Crippen LogP contribution in [0.4, 0.5) is 0 Å². The van der Waals surface area contributed by atoms with E-state index in [1.54, 1.807) is 6.92 Å². The van der Waals surface area contributed by atoms with E-state index < -0.39 is 23.8 Å². The van der Waals surface area contributed by atoms with Gasteiger partial charge in [0.1, 0.15) is 6.54 Å². The number of rotatable bonds is 9. The maximum atomic E-state index is 12.9. The number of carbonyl (C=O) groups is 2. The first-order valence-corrected chi connectivity index (χ1v) is 11.4. The predicted molar refractivity (Wildman–Crippen MR) is 134 cm³/mol. The van der Waals surface area contributed by atoms with Gasteiger partial charge in [-0.2, -0.15) is 5.41 Å². The molecule has 3 aromatic rings. The third-order valence-corrected chi connectivity index (χ3v) is 5.38. The lowest BCUT2D eigenvalue weighted by Crippen LogP contribution is -2.44. The Labute approximate surface area is 204 Å². The SMILES string of the molecule is CCOC(=O)C[C@@H](Cc1ccc(-c2ccccc2)cc1)NC(=O)C(=N)[N+](Cc1ccccc1)=NN. The van der Waals surface area contributed by atoms with Gasteiger partial charge in [0.25, 0.3) is 0 Å². The van der Waals surface area contributed by atoms with E-state index in [2.05, 4.69) is 10.5 Å². The molecule has 0 saturated heterocycles. The number of esters is 1. The molecule has 0 aliphatic carbocycles. The monoisotopic (exact) mass is 472 g/mol. The van der Waals surface area contributed by atoms with Gasteiger partial charge in [-0.05, 0) is 35.6 Å². The van der Waals surface area contributed by atoms with Crippen LogP contribution in [0.5, 0.6) is 0 Å². The molecule has 8 heteroatoms. The van der Waals surface area contributed by atoms with Crippen molar-refractivity contribution >= 4 is 17.7 Å². The fraction of sp³-hybridized carbons (Fsp3) is 0.222. The molecule has 180 valence electrons. The van der Waals surface area contributed by atoms with Crippen molar-refractivity contribution in [2.75, 3.05) is 6.61 Å². The summed E-state index contributed by atoms with van der Waals surface area (Å²) in [5.74, 6) is 3.94. The first-order valence-electron chi connectivity index (χ1n) is 11.4. The van der Waals surface area contributed by atoms with E-state index >= 15 is 0 Å². The topological polar surface area (TPSA) is 121 Å². The van der Waals surface area contributed by atoms with Crippen molar-refractivity contribution in [2.24, 2.45) is 11.1 Å². The van der Waals surface area contributed by atoms with Crippen LogP contribution in [0, 0.1) is 5.41 Å². The molecular formula is C27H30N5O3+. The van der Waals surface area contributed by atoms with Crippen LogP contribution >= 0.6 is 0 Å². The smallest absolute Gasteiger partial charge is 0.340 e. The molecule has 0 unspecified atom stereocenters. The molecule has 0 heterocycles. The fourth-order valence-electron chi connectivity index (χ4n) is 3.65. The Kier molecular flexibility index (Phi) is 9.24. The van der Waals surface area contributed by atoms with Crippen molar-refractivity contribution < 1.29 is 19.0 Å². The molecule has 35 heavy (non-hydrogen) atoms. The van der Waals surface area contributed by atoms with E-state index in [4.69, 9.17) is 16.0 Å². The van der Waals surface area contributed by atoms with Crippen LogP contribution in [0.2, 0.25) is 0 Å². The summed E-state index contributed by atoms with van der Waals surface area (Å²) in [6.45, 7) is 2.15. The van der Waals surface area contributed by atoms with E-state index in [1.165, 1.54) is 0 Å². The highest BCUT2D eigenvalue weighted by molar-refractivity contribution is 6.32. The quantitative estimate of drug-likeness (QED) is 0.0833. The highest BCUT2D eigenvalue weighted by Crippen LogP contribution is 2.20. The maximum Gasteiger partial charge on any atom is 0.340 e. The second-order valence-electron chi connectivity index (χ2n) is 7.95. The number of amides is 1. The first kappa shape index (κ1) is 25.3. The molecule has 8 nitrogen and oxygen atoms in total. The molecule has 0 radical (unpaired) electrons. The van der Waals surface area contributed by atoms with E-state index in [0.29, 0.717) is 6.42 Å². The third kappa shape index (κ3) is 7.60. The number of benzene rings is 3. The van der Waals surface area contributed by atoms with Gasteiger partial charge in [0.15, 0.2) is 0 Å². The Morgan fingerprint density at radius 3 is 2.14 bits per heavy atom. The van der Waals surface area contributed by atoms with E-state index in [-0.39, 0.29) is 19.6 Å². The molecule has 0 saturated carbocycles. The Bertz CT molecular complexity index is 1160. The standard InChI is InChI=1S/C27H29N5O3/c1-2-35-25(33)18-24(17-20-13-15-23(16-14-20)22-11-7-4-8-12-22)30-27(34)26(28)32(31-29)19-21-9-5-3-6-10-21/h3-16,24,28-29H,2,17-19H2,1H3,(H,30,34)/p+1/t24-/m1/s1. The first-order chi connectivity index (χ1) is 17.0. The van der Waals surface area contributed by atoms with Gasteiger partial charge in [-0.1, -0.05) is 84.9 Å². The van der Waals surface area contributed by atoms with Crippen LogP contribution in [-0.4, -0.2) is 35.1 Å². The second kappa shape index (κ2) is 12.8. The average Bonchev–Trinajstić information content (AvgIpc) is 2.88. The molecule has 0 aromatic heterocycles. The normalized spacial score (nSPS) is 12.0. The number of nitrogens with two attached hydrogens (primary N) is 1. The van der Waals surface area contributed by atoms with Gasteiger partial charge in [0, 0.05) is 11.3 Å². The Hall–Kier alpha value is -4.33. The molecule has 0 aliphatic heterocycles. The van der Waals surface area contributed by atoms with Crippen LogP contribution in [0.25, 0.3) is 11.1 Å². The minimum atomic E-state index is -0.676. The van der Waals surface area contributed by atoms with Crippen LogP contribution in [0.3, 0.4) is 0 Å². The van der Waals surface area contributed by atoms with Crippen molar-refractivity contribution in [1.82, 2.24) is 5.32 Å². The number of hydrogen-bond acceptors (Lipinski definition) is 5. The van der Waals surface area contributed by atoms with Crippen LogP contribution in [0.1, 0.15) is 24.5 Å². The lowest BCUT2D eigenvalue weighted by atomic mass is 9.99. The molecule has 0 fully saturated rings. The van der Waals surface area contributed by atoms with Crippen LogP contribution < -0.4 is 11.2 Å². The largest absolute Gasteiger partial charge is 0.466 e. The molecule has 0 aliphatic rings. The second-order valence-corrected chi connectivity index (χ2v) is 7.95. The summed E-state index contributed by atoms with van der Waals surface area (Å²) >= 11 is 0. The number of carbonyl (C=O) groups excluding carboxylic acids is 2. The summed E-state index contributed by atoms with van der Waals surface area (Å²) < 4.78 is 6.20. The highest BCUT2D eigenvalue weighted by atomic mass is 16.5. The van der Waals surface area contributed by atoms with Gasteiger partial charge in [0.2, 0.25) is 0 Å². The fourth-order valence-corrected chi connectivity index (χ4v) is 3.65. The lowest BCUT2D eigenvalue weighted by molar-refractivity contribution is -0.501. The molecule has 4 N–H and O–H groups in total. The van der Waals surface area contributed by atoms with Crippen molar-refractivity contribution in [3.63, 3.8) is 0 Å². The minimum Gasteiger partial charge on any atom is -0.466 e. The van der Waals surface area contributed by atoms with Crippen molar-refractivity contribution in [2.45, 2.75) is 32.4 Å². The molecule has 3 rings (SSSR count). The molecule has 3 aromatic carbocycles. The summed E-state index contributed by atoms with van der Waals surface area (Å²) in [5, 5.41) is 14.6. The lowest BCUT2D eigenvalue weighted by Gasteiger charge is -2.18. The molecule has 0 bridgehead atoms. The van der Waals surface area contributed by atoms with E-state index in [1.807, 2.05) is 84.9 Å². The predicted octanol–water partition coefficient (Wildman–Crippen LogP) is 3.85. The Morgan fingerprint density at radius 2 is 1.54 bits per heavy atom. The zero-order chi connectivity index (χ0) is 25.0. The Balaban J connectivity index is 1.70. The number of nitrogens with zero attached hydrogens (tertiary/aromatic N) is 2. The zero-order valence-electron chi connectivity index (χ0n) is 19.7. The summed E-state index contributed by atoms with van der Waals surface area (Å²) in [6.07, 6.45) is 0.372. The van der Waals surface area contributed by atoms with E-state index in [0.717, 1.165) is 27.0 Å². The number of hydrogen-bond donors (Lipinski definition) is 3. The molecule has 1 atom stereocenters. The van der Waals surface area contributed by atoms with Crippen LogP contribution in [0.15, 0.2) is 90.2 Å². The number of amidine groups is 1.